The zero-order chi connectivity index (χ0) is 20.9. The van der Waals surface area contributed by atoms with Crippen molar-refractivity contribution < 1.29 is 14.3 Å². The van der Waals surface area contributed by atoms with Gasteiger partial charge in [0.1, 0.15) is 17.2 Å². The highest BCUT2D eigenvalue weighted by atomic mass is 16.5. The standard InChI is InChI=1S/C23H19N3O4/c1-2-29-16-11-13-18(14-12-16)30-17-9-7-15(8-10-17)24-23(28)21-19-5-3-4-6-20(19)22(27)26-25-21/h3-14H,2H2,1H3,(H,24,28)(H,26,27). The zero-order valence-corrected chi connectivity index (χ0v) is 16.2. The average molecular weight is 401 g/mol. The Kier molecular flexibility index (Phi) is 5.43. The van der Waals surface area contributed by atoms with Gasteiger partial charge in [-0.1, -0.05) is 18.2 Å². The number of amides is 1. The predicted octanol–water partition coefficient (Wildman–Crippen LogP) is 4.37. The molecule has 0 fully saturated rings. The van der Waals surface area contributed by atoms with Gasteiger partial charge in [0.2, 0.25) is 0 Å². The lowest BCUT2D eigenvalue weighted by atomic mass is 10.1. The molecule has 0 unspecified atom stereocenters. The summed E-state index contributed by atoms with van der Waals surface area (Å²) in [5.74, 6) is 1.68. The maximum absolute atomic E-state index is 12.7. The van der Waals surface area contributed by atoms with Crippen LogP contribution in [0.15, 0.2) is 77.6 Å². The van der Waals surface area contributed by atoms with Crippen molar-refractivity contribution in [3.05, 3.63) is 88.8 Å². The monoisotopic (exact) mass is 401 g/mol. The first kappa shape index (κ1) is 19.2. The van der Waals surface area contributed by atoms with E-state index in [1.54, 1.807) is 48.5 Å². The number of hydrogen-bond acceptors (Lipinski definition) is 5. The van der Waals surface area contributed by atoms with Gasteiger partial charge < -0.3 is 14.8 Å². The molecule has 3 aromatic carbocycles. The molecule has 7 heteroatoms. The minimum Gasteiger partial charge on any atom is -0.494 e. The highest BCUT2D eigenvalue weighted by molar-refractivity contribution is 6.11. The summed E-state index contributed by atoms with van der Waals surface area (Å²) >= 11 is 0. The molecule has 1 aromatic heterocycles. The lowest BCUT2D eigenvalue weighted by Crippen LogP contribution is -2.19. The number of nitrogens with one attached hydrogen (secondary N) is 2. The van der Waals surface area contributed by atoms with E-state index in [-0.39, 0.29) is 11.3 Å². The number of carbonyl (C=O) groups excluding carboxylic acids is 1. The number of H-pyrrole nitrogens is 1. The Morgan fingerprint density at radius 3 is 2.17 bits per heavy atom. The summed E-state index contributed by atoms with van der Waals surface area (Å²) in [6, 6.07) is 21.2. The van der Waals surface area contributed by atoms with Crippen molar-refractivity contribution in [1.29, 1.82) is 0 Å². The summed E-state index contributed by atoms with van der Waals surface area (Å²) in [5.41, 5.74) is 0.397. The first-order valence-corrected chi connectivity index (χ1v) is 9.43. The predicted molar refractivity (Wildman–Crippen MR) is 114 cm³/mol. The number of fused-ring (bicyclic) bond motifs is 1. The molecule has 1 heterocycles. The van der Waals surface area contributed by atoms with Gasteiger partial charge in [-0.15, -0.1) is 0 Å². The van der Waals surface area contributed by atoms with Crippen molar-refractivity contribution in [2.24, 2.45) is 0 Å². The second-order valence-corrected chi connectivity index (χ2v) is 6.43. The minimum atomic E-state index is -0.414. The van der Waals surface area contributed by atoms with Crippen LogP contribution in [0.2, 0.25) is 0 Å². The van der Waals surface area contributed by atoms with Crippen molar-refractivity contribution in [1.82, 2.24) is 10.2 Å². The molecule has 0 aliphatic carbocycles. The highest BCUT2D eigenvalue weighted by Crippen LogP contribution is 2.25. The Balaban J connectivity index is 1.47. The molecule has 0 saturated carbocycles. The van der Waals surface area contributed by atoms with Crippen LogP contribution in [0.5, 0.6) is 17.2 Å². The molecule has 7 nitrogen and oxygen atoms in total. The van der Waals surface area contributed by atoms with Crippen molar-refractivity contribution in [3.8, 4) is 17.2 Å². The number of hydrogen-bond donors (Lipinski definition) is 2. The molecular formula is C23H19N3O4. The molecule has 0 aliphatic heterocycles. The third-order valence-corrected chi connectivity index (χ3v) is 4.39. The molecule has 4 aromatic rings. The molecule has 0 spiro atoms. The van der Waals surface area contributed by atoms with Crippen LogP contribution in [0.1, 0.15) is 17.4 Å². The number of anilines is 1. The lowest BCUT2D eigenvalue weighted by Gasteiger charge is -2.09. The van der Waals surface area contributed by atoms with Crippen molar-refractivity contribution in [3.63, 3.8) is 0 Å². The second kappa shape index (κ2) is 8.48. The average Bonchev–Trinajstić information content (AvgIpc) is 2.77. The van der Waals surface area contributed by atoms with Crippen LogP contribution in [-0.4, -0.2) is 22.7 Å². The van der Waals surface area contributed by atoms with Gasteiger partial charge in [0.05, 0.1) is 12.0 Å². The fourth-order valence-corrected chi connectivity index (χ4v) is 2.99. The number of carbonyl (C=O) groups is 1. The molecule has 0 atom stereocenters. The highest BCUT2D eigenvalue weighted by Gasteiger charge is 2.14. The maximum Gasteiger partial charge on any atom is 0.276 e. The first-order chi connectivity index (χ1) is 14.6. The zero-order valence-electron chi connectivity index (χ0n) is 16.2. The number of benzene rings is 3. The normalized spacial score (nSPS) is 10.6. The first-order valence-electron chi connectivity index (χ1n) is 9.43. The summed E-state index contributed by atoms with van der Waals surface area (Å²) in [6.45, 7) is 2.54. The Morgan fingerprint density at radius 2 is 1.50 bits per heavy atom. The van der Waals surface area contributed by atoms with Gasteiger partial charge >= 0.3 is 0 Å². The number of rotatable bonds is 6. The van der Waals surface area contributed by atoms with Crippen LogP contribution in [0.25, 0.3) is 10.8 Å². The quantitative estimate of drug-likeness (QED) is 0.501. The third-order valence-electron chi connectivity index (χ3n) is 4.39. The van der Waals surface area contributed by atoms with Crippen LogP contribution in [0.3, 0.4) is 0 Å². The van der Waals surface area contributed by atoms with E-state index in [4.69, 9.17) is 9.47 Å². The Bertz CT molecular complexity index is 1230. The van der Waals surface area contributed by atoms with E-state index in [0.29, 0.717) is 34.6 Å². The molecule has 0 aliphatic rings. The fraction of sp³-hybridized carbons (Fsp3) is 0.0870. The summed E-state index contributed by atoms with van der Waals surface area (Å²) in [4.78, 5) is 24.5. The number of aromatic nitrogens is 2. The van der Waals surface area contributed by atoms with Gasteiger partial charge in [-0.3, -0.25) is 9.59 Å². The van der Waals surface area contributed by atoms with E-state index in [0.717, 1.165) is 5.75 Å². The molecular weight excluding hydrogens is 382 g/mol. The topological polar surface area (TPSA) is 93.3 Å². The SMILES string of the molecule is CCOc1ccc(Oc2ccc(NC(=O)c3n[nH]c(=O)c4ccccc34)cc2)cc1. The maximum atomic E-state index is 12.7. The molecule has 0 saturated heterocycles. The Hall–Kier alpha value is -4.13. The smallest absolute Gasteiger partial charge is 0.276 e. The molecule has 1 amide bonds. The lowest BCUT2D eigenvalue weighted by molar-refractivity contribution is 0.102. The summed E-state index contributed by atoms with van der Waals surface area (Å²) in [5, 5.41) is 9.97. The number of nitrogens with zero attached hydrogens (tertiary/aromatic N) is 1. The van der Waals surface area contributed by atoms with Crippen molar-refractivity contribution in [2.75, 3.05) is 11.9 Å². The van der Waals surface area contributed by atoms with E-state index in [1.807, 2.05) is 31.2 Å². The van der Waals surface area contributed by atoms with Crippen LogP contribution in [0, 0.1) is 0 Å². The largest absolute Gasteiger partial charge is 0.494 e. The Morgan fingerprint density at radius 1 is 0.900 bits per heavy atom. The number of aromatic amines is 1. The van der Waals surface area contributed by atoms with Crippen LogP contribution < -0.4 is 20.3 Å². The van der Waals surface area contributed by atoms with Gasteiger partial charge in [0.25, 0.3) is 11.5 Å². The van der Waals surface area contributed by atoms with Crippen LogP contribution in [-0.2, 0) is 0 Å². The third kappa shape index (κ3) is 4.15. The molecule has 150 valence electrons. The second-order valence-electron chi connectivity index (χ2n) is 6.43. The molecule has 0 bridgehead atoms. The van der Waals surface area contributed by atoms with E-state index < -0.39 is 5.91 Å². The van der Waals surface area contributed by atoms with Crippen LogP contribution in [0.4, 0.5) is 5.69 Å². The van der Waals surface area contributed by atoms with E-state index in [9.17, 15) is 9.59 Å². The van der Waals surface area contributed by atoms with Gasteiger partial charge in [0.15, 0.2) is 5.69 Å². The van der Waals surface area contributed by atoms with Crippen molar-refractivity contribution >= 4 is 22.4 Å². The summed E-state index contributed by atoms with van der Waals surface area (Å²) < 4.78 is 11.2. The van der Waals surface area contributed by atoms with Gasteiger partial charge in [-0.2, -0.15) is 5.10 Å². The van der Waals surface area contributed by atoms with E-state index in [1.165, 1.54) is 0 Å². The van der Waals surface area contributed by atoms with Gasteiger partial charge in [-0.25, -0.2) is 5.10 Å². The summed E-state index contributed by atoms with van der Waals surface area (Å²) in [6.07, 6.45) is 0. The summed E-state index contributed by atoms with van der Waals surface area (Å²) in [7, 11) is 0. The molecule has 2 N–H and O–H groups in total. The molecule has 0 radical (unpaired) electrons. The Labute approximate surface area is 172 Å². The van der Waals surface area contributed by atoms with Crippen LogP contribution >= 0.6 is 0 Å². The van der Waals surface area contributed by atoms with Gasteiger partial charge in [0, 0.05) is 11.1 Å². The minimum absolute atomic E-state index is 0.153. The number of ether oxygens (including phenoxy) is 2. The molecule has 30 heavy (non-hydrogen) atoms. The van der Waals surface area contributed by atoms with Crippen molar-refractivity contribution in [2.45, 2.75) is 6.92 Å². The van der Waals surface area contributed by atoms with Gasteiger partial charge in [-0.05, 0) is 61.5 Å². The fourth-order valence-electron chi connectivity index (χ4n) is 2.99. The molecule has 4 rings (SSSR count). The van der Waals surface area contributed by atoms with E-state index >= 15 is 0 Å². The van der Waals surface area contributed by atoms with E-state index in [2.05, 4.69) is 15.5 Å².